The Bertz CT molecular complexity index is 698. The van der Waals surface area contributed by atoms with Gasteiger partial charge in [0.1, 0.15) is 12.4 Å². The summed E-state index contributed by atoms with van der Waals surface area (Å²) >= 11 is 0. The Balaban J connectivity index is 1.67. The summed E-state index contributed by atoms with van der Waals surface area (Å²) in [6.45, 7) is 0.145. The molecule has 0 bridgehead atoms. The molecule has 0 atom stereocenters. The summed E-state index contributed by atoms with van der Waals surface area (Å²) in [6, 6.07) is 20.9. The summed E-state index contributed by atoms with van der Waals surface area (Å²) in [5, 5.41) is 0. The predicted octanol–water partition coefficient (Wildman–Crippen LogP) is 4.30. The molecule has 21 heavy (non-hydrogen) atoms. The van der Waals surface area contributed by atoms with Gasteiger partial charge in [-0.15, -0.1) is 0 Å². The molecule has 0 unspecified atom stereocenters. The zero-order chi connectivity index (χ0) is 14.5. The first kappa shape index (κ1) is 13.2. The van der Waals surface area contributed by atoms with E-state index >= 15 is 0 Å². The fourth-order valence-corrected chi connectivity index (χ4v) is 2.04. The van der Waals surface area contributed by atoms with E-state index in [1.807, 2.05) is 42.5 Å². The summed E-state index contributed by atoms with van der Waals surface area (Å²) in [5.74, 6) is 0.273. The number of hydrogen-bond acceptors (Lipinski definition) is 3. The Hall–Kier alpha value is -2.81. The van der Waals surface area contributed by atoms with Crippen LogP contribution in [-0.4, -0.2) is 5.97 Å². The second-order valence-corrected chi connectivity index (χ2v) is 4.60. The Kier molecular flexibility index (Phi) is 3.83. The van der Waals surface area contributed by atoms with Gasteiger partial charge < -0.3 is 9.15 Å². The molecule has 2 aromatic carbocycles. The van der Waals surface area contributed by atoms with Crippen molar-refractivity contribution in [2.75, 3.05) is 0 Å². The second kappa shape index (κ2) is 6.09. The largest absolute Gasteiger partial charge is 0.466 e. The smallest absolute Gasteiger partial charge is 0.338 e. The molecule has 0 N–H and O–H groups in total. The third kappa shape index (κ3) is 3.20. The lowest BCUT2D eigenvalue weighted by Crippen LogP contribution is -2.04. The third-order valence-electron chi connectivity index (χ3n) is 3.15. The molecule has 3 heteroatoms. The molecule has 3 rings (SSSR count). The summed E-state index contributed by atoms with van der Waals surface area (Å²) < 4.78 is 10.3. The van der Waals surface area contributed by atoms with Crippen LogP contribution in [0.2, 0.25) is 0 Å². The van der Waals surface area contributed by atoms with Gasteiger partial charge in [-0.05, 0) is 35.4 Å². The number of rotatable bonds is 4. The number of hydrogen-bond donors (Lipinski definition) is 0. The lowest BCUT2D eigenvalue weighted by molar-refractivity contribution is 0.0445. The van der Waals surface area contributed by atoms with Gasteiger partial charge in [0.05, 0.1) is 11.8 Å². The average Bonchev–Trinajstić information content (AvgIpc) is 3.07. The quantitative estimate of drug-likeness (QED) is 0.668. The van der Waals surface area contributed by atoms with E-state index in [2.05, 4.69) is 0 Å². The van der Waals surface area contributed by atoms with Gasteiger partial charge >= 0.3 is 5.97 Å². The molecule has 0 aliphatic heterocycles. The zero-order valence-electron chi connectivity index (χ0n) is 11.4. The van der Waals surface area contributed by atoms with Crippen LogP contribution in [0.25, 0.3) is 11.1 Å². The molecule has 0 spiro atoms. The molecule has 0 radical (unpaired) electrons. The molecule has 104 valence electrons. The molecule has 0 aliphatic rings. The topological polar surface area (TPSA) is 39.4 Å². The molecule has 1 aromatic heterocycles. The van der Waals surface area contributed by atoms with E-state index in [4.69, 9.17) is 9.15 Å². The minimum absolute atomic E-state index is 0.145. The van der Waals surface area contributed by atoms with Crippen molar-refractivity contribution in [2.45, 2.75) is 6.61 Å². The number of furan rings is 1. The van der Waals surface area contributed by atoms with Crippen molar-refractivity contribution < 1.29 is 13.9 Å². The molecule has 0 saturated heterocycles. The number of carbonyl (C=O) groups excluding carboxylic acids is 1. The SMILES string of the molecule is O=C(OCc1ccco1)c1ccc(-c2ccccc2)cc1. The molecule has 0 amide bonds. The number of ether oxygens (including phenoxy) is 1. The first-order valence-corrected chi connectivity index (χ1v) is 6.68. The van der Waals surface area contributed by atoms with E-state index in [1.165, 1.54) is 0 Å². The highest BCUT2D eigenvalue weighted by atomic mass is 16.5. The Morgan fingerprint density at radius 1 is 0.857 bits per heavy atom. The molecule has 3 nitrogen and oxygen atoms in total. The van der Waals surface area contributed by atoms with E-state index in [0.29, 0.717) is 11.3 Å². The van der Waals surface area contributed by atoms with Gasteiger partial charge in [-0.2, -0.15) is 0 Å². The van der Waals surface area contributed by atoms with Gasteiger partial charge in [-0.1, -0.05) is 42.5 Å². The maximum absolute atomic E-state index is 11.9. The van der Waals surface area contributed by atoms with Gasteiger partial charge in [0.25, 0.3) is 0 Å². The average molecular weight is 278 g/mol. The summed E-state index contributed by atoms with van der Waals surface area (Å²) in [6.07, 6.45) is 1.55. The van der Waals surface area contributed by atoms with Gasteiger partial charge in [0, 0.05) is 0 Å². The van der Waals surface area contributed by atoms with E-state index in [0.717, 1.165) is 11.1 Å². The van der Waals surface area contributed by atoms with Crippen LogP contribution in [0.15, 0.2) is 77.4 Å². The normalized spacial score (nSPS) is 10.3. The van der Waals surface area contributed by atoms with Crippen LogP contribution in [0.5, 0.6) is 0 Å². The van der Waals surface area contributed by atoms with E-state index in [9.17, 15) is 4.79 Å². The summed E-state index contributed by atoms with van der Waals surface area (Å²) in [4.78, 5) is 11.9. The molecule has 0 saturated carbocycles. The van der Waals surface area contributed by atoms with Crippen molar-refractivity contribution in [1.29, 1.82) is 0 Å². The van der Waals surface area contributed by atoms with Crippen LogP contribution >= 0.6 is 0 Å². The first-order chi connectivity index (χ1) is 10.3. The lowest BCUT2D eigenvalue weighted by Gasteiger charge is -2.05. The van der Waals surface area contributed by atoms with E-state index in [1.54, 1.807) is 30.5 Å². The molecular formula is C18H14O3. The third-order valence-corrected chi connectivity index (χ3v) is 3.15. The number of benzene rings is 2. The van der Waals surface area contributed by atoms with Crippen LogP contribution in [0.3, 0.4) is 0 Å². The van der Waals surface area contributed by atoms with Gasteiger partial charge in [-0.3, -0.25) is 0 Å². The van der Waals surface area contributed by atoms with Crippen LogP contribution in [0, 0.1) is 0 Å². The lowest BCUT2D eigenvalue weighted by atomic mass is 10.0. The summed E-state index contributed by atoms with van der Waals surface area (Å²) in [5.41, 5.74) is 2.72. The minimum atomic E-state index is -0.356. The molecule has 1 heterocycles. The molecule has 3 aromatic rings. The van der Waals surface area contributed by atoms with Gasteiger partial charge in [0.2, 0.25) is 0 Å². The molecule has 0 fully saturated rings. The Labute approximate surface area is 122 Å². The van der Waals surface area contributed by atoms with Crippen LogP contribution < -0.4 is 0 Å². The number of esters is 1. The summed E-state index contributed by atoms with van der Waals surface area (Å²) in [7, 11) is 0. The number of carbonyl (C=O) groups is 1. The molecular weight excluding hydrogens is 264 g/mol. The maximum Gasteiger partial charge on any atom is 0.338 e. The van der Waals surface area contributed by atoms with Crippen LogP contribution in [-0.2, 0) is 11.3 Å². The van der Waals surface area contributed by atoms with Crippen LogP contribution in [0.4, 0.5) is 0 Å². The predicted molar refractivity (Wildman–Crippen MR) is 79.7 cm³/mol. The second-order valence-electron chi connectivity index (χ2n) is 4.60. The van der Waals surface area contributed by atoms with Gasteiger partial charge in [-0.25, -0.2) is 4.79 Å². The highest BCUT2D eigenvalue weighted by Gasteiger charge is 2.08. The van der Waals surface area contributed by atoms with E-state index < -0.39 is 0 Å². The van der Waals surface area contributed by atoms with Gasteiger partial charge in [0.15, 0.2) is 0 Å². The zero-order valence-corrected chi connectivity index (χ0v) is 11.4. The van der Waals surface area contributed by atoms with Crippen molar-refractivity contribution in [3.05, 3.63) is 84.3 Å². The van der Waals surface area contributed by atoms with Crippen LogP contribution in [0.1, 0.15) is 16.1 Å². The molecule has 0 aliphatic carbocycles. The van der Waals surface area contributed by atoms with Crippen molar-refractivity contribution >= 4 is 5.97 Å². The minimum Gasteiger partial charge on any atom is -0.466 e. The monoisotopic (exact) mass is 278 g/mol. The van der Waals surface area contributed by atoms with Crippen molar-refractivity contribution in [3.8, 4) is 11.1 Å². The Morgan fingerprint density at radius 2 is 1.57 bits per heavy atom. The first-order valence-electron chi connectivity index (χ1n) is 6.68. The highest BCUT2D eigenvalue weighted by molar-refractivity contribution is 5.90. The fourth-order valence-electron chi connectivity index (χ4n) is 2.04. The Morgan fingerprint density at radius 3 is 2.24 bits per heavy atom. The highest BCUT2D eigenvalue weighted by Crippen LogP contribution is 2.19. The fraction of sp³-hybridized carbons (Fsp3) is 0.0556. The van der Waals surface area contributed by atoms with Crippen molar-refractivity contribution in [2.24, 2.45) is 0 Å². The standard InChI is InChI=1S/C18H14O3/c19-18(21-13-17-7-4-12-20-17)16-10-8-15(9-11-16)14-5-2-1-3-6-14/h1-12H,13H2. The van der Waals surface area contributed by atoms with E-state index in [-0.39, 0.29) is 12.6 Å². The van der Waals surface area contributed by atoms with Crippen molar-refractivity contribution in [1.82, 2.24) is 0 Å². The maximum atomic E-state index is 11.9. The van der Waals surface area contributed by atoms with Crippen molar-refractivity contribution in [3.63, 3.8) is 0 Å².